The van der Waals surface area contributed by atoms with E-state index in [2.05, 4.69) is 41.5 Å². The van der Waals surface area contributed by atoms with E-state index in [4.69, 9.17) is 0 Å². The molecular weight excluding hydrogens is 276 g/mol. The van der Waals surface area contributed by atoms with Crippen LogP contribution in [0, 0.1) is 58.2 Å². The third-order valence-electron chi connectivity index (χ3n) is 10.4. The molecule has 0 spiro atoms. The number of fused-ring (bicyclic) bond motifs is 5. The molecule has 4 fully saturated rings. The summed E-state index contributed by atoms with van der Waals surface area (Å²) in [6, 6.07) is 0. The minimum atomic E-state index is 0.654. The van der Waals surface area contributed by atoms with Gasteiger partial charge in [0.05, 0.1) is 0 Å². The van der Waals surface area contributed by atoms with E-state index in [1.165, 1.54) is 32.1 Å². The Morgan fingerprint density at radius 3 is 2.09 bits per heavy atom. The molecule has 0 nitrogen and oxygen atoms in total. The van der Waals surface area contributed by atoms with Gasteiger partial charge in [0.25, 0.3) is 0 Å². The molecule has 0 bridgehead atoms. The average molecular weight is 317 g/mol. The lowest BCUT2D eigenvalue weighted by Crippen LogP contribution is -2.57. The molecule has 0 heterocycles. The van der Waals surface area contributed by atoms with Crippen molar-refractivity contribution in [3.8, 4) is 0 Å². The van der Waals surface area contributed by atoms with E-state index in [1.54, 1.807) is 12.8 Å². The predicted molar refractivity (Wildman–Crippen MR) is 99.1 cm³/mol. The zero-order valence-corrected chi connectivity index (χ0v) is 16.6. The van der Waals surface area contributed by atoms with Crippen LogP contribution in [-0.2, 0) is 0 Å². The highest BCUT2D eigenvalue weighted by Crippen LogP contribution is 2.69. The van der Waals surface area contributed by atoms with Crippen molar-refractivity contribution < 1.29 is 0 Å². The predicted octanol–water partition coefficient (Wildman–Crippen LogP) is 6.79. The van der Waals surface area contributed by atoms with Crippen LogP contribution in [0.2, 0.25) is 0 Å². The Kier molecular flexibility index (Phi) is 3.76. The second-order valence-corrected chi connectivity index (χ2v) is 11.0. The Balaban J connectivity index is 1.68. The van der Waals surface area contributed by atoms with Gasteiger partial charge < -0.3 is 0 Å². The molecule has 132 valence electrons. The van der Waals surface area contributed by atoms with Gasteiger partial charge >= 0.3 is 0 Å². The van der Waals surface area contributed by atoms with Gasteiger partial charge in [0.15, 0.2) is 0 Å². The first-order valence-corrected chi connectivity index (χ1v) is 10.8. The van der Waals surface area contributed by atoms with Gasteiger partial charge in [0, 0.05) is 0 Å². The van der Waals surface area contributed by atoms with Gasteiger partial charge in [-0.15, -0.1) is 0 Å². The molecule has 23 heavy (non-hydrogen) atoms. The van der Waals surface area contributed by atoms with Crippen LogP contribution in [0.1, 0.15) is 86.5 Å². The molecule has 4 aliphatic rings. The minimum Gasteiger partial charge on any atom is -0.0622 e. The van der Waals surface area contributed by atoms with E-state index in [9.17, 15) is 0 Å². The molecule has 4 saturated carbocycles. The smallest absolute Gasteiger partial charge is 0.0261 e. The van der Waals surface area contributed by atoms with Crippen molar-refractivity contribution in [2.45, 2.75) is 86.5 Å². The molecule has 0 aromatic carbocycles. The summed E-state index contributed by atoms with van der Waals surface area (Å²) >= 11 is 0. The lowest BCUT2D eigenvalue weighted by Gasteiger charge is -2.64. The van der Waals surface area contributed by atoms with E-state index >= 15 is 0 Å². The SMILES string of the molecule is CC1CCC2(C)C3CCC4(C)C(C)CCC4C3CC(C)C2C1C. The summed E-state index contributed by atoms with van der Waals surface area (Å²) in [7, 11) is 0. The second-order valence-electron chi connectivity index (χ2n) is 11.0. The van der Waals surface area contributed by atoms with Crippen molar-refractivity contribution in [2.24, 2.45) is 58.2 Å². The summed E-state index contributed by atoms with van der Waals surface area (Å²) in [6.07, 6.45) is 10.7. The molecule has 0 N–H and O–H groups in total. The summed E-state index contributed by atoms with van der Waals surface area (Å²) in [5.74, 6) is 7.96. The third kappa shape index (κ3) is 2.08. The van der Waals surface area contributed by atoms with Crippen molar-refractivity contribution in [2.75, 3.05) is 0 Å². The van der Waals surface area contributed by atoms with Crippen molar-refractivity contribution in [3.05, 3.63) is 0 Å². The summed E-state index contributed by atoms with van der Waals surface area (Å²) in [5.41, 5.74) is 1.33. The average Bonchev–Trinajstić information content (AvgIpc) is 2.79. The summed E-state index contributed by atoms with van der Waals surface area (Å²) in [5, 5.41) is 0. The van der Waals surface area contributed by atoms with Crippen LogP contribution in [0.15, 0.2) is 0 Å². The van der Waals surface area contributed by atoms with Crippen molar-refractivity contribution in [1.29, 1.82) is 0 Å². The lowest BCUT2D eigenvalue weighted by atomic mass is 9.41. The summed E-state index contributed by atoms with van der Waals surface area (Å²) < 4.78 is 0. The fourth-order valence-corrected chi connectivity index (χ4v) is 8.80. The van der Waals surface area contributed by atoms with Crippen molar-refractivity contribution in [3.63, 3.8) is 0 Å². The van der Waals surface area contributed by atoms with Crippen molar-refractivity contribution in [1.82, 2.24) is 0 Å². The van der Waals surface area contributed by atoms with Crippen LogP contribution in [-0.4, -0.2) is 0 Å². The van der Waals surface area contributed by atoms with Crippen molar-refractivity contribution >= 4 is 0 Å². The Morgan fingerprint density at radius 1 is 0.696 bits per heavy atom. The maximum Gasteiger partial charge on any atom is -0.0261 e. The molecule has 0 aromatic rings. The summed E-state index contributed by atoms with van der Waals surface area (Å²) in [6.45, 7) is 15.7. The molecule has 10 unspecified atom stereocenters. The lowest BCUT2D eigenvalue weighted by molar-refractivity contribution is -0.154. The first kappa shape index (κ1) is 16.5. The number of hydrogen-bond donors (Lipinski definition) is 0. The second kappa shape index (κ2) is 5.25. The fourth-order valence-electron chi connectivity index (χ4n) is 8.80. The van der Waals surface area contributed by atoms with Crippen LogP contribution in [0.25, 0.3) is 0 Å². The largest absolute Gasteiger partial charge is 0.0622 e. The number of hydrogen-bond acceptors (Lipinski definition) is 0. The van der Waals surface area contributed by atoms with E-state index in [0.29, 0.717) is 10.8 Å². The monoisotopic (exact) mass is 316 g/mol. The van der Waals surface area contributed by atoms with Crippen LogP contribution in [0.3, 0.4) is 0 Å². The Labute approximate surface area is 145 Å². The van der Waals surface area contributed by atoms with E-state index in [1.807, 2.05) is 0 Å². The van der Waals surface area contributed by atoms with Gasteiger partial charge in [-0.3, -0.25) is 0 Å². The Morgan fingerprint density at radius 2 is 1.35 bits per heavy atom. The maximum absolute atomic E-state index is 2.73. The molecular formula is C23H40. The fraction of sp³-hybridized carbons (Fsp3) is 1.00. The molecule has 10 atom stereocenters. The van der Waals surface area contributed by atoms with Gasteiger partial charge in [0.1, 0.15) is 0 Å². The molecule has 0 radical (unpaired) electrons. The van der Waals surface area contributed by atoms with Gasteiger partial charge in [-0.1, -0.05) is 41.5 Å². The third-order valence-corrected chi connectivity index (χ3v) is 10.4. The van der Waals surface area contributed by atoms with Crippen LogP contribution in [0.5, 0.6) is 0 Å². The molecule has 0 saturated heterocycles. The van der Waals surface area contributed by atoms with Crippen LogP contribution < -0.4 is 0 Å². The zero-order valence-electron chi connectivity index (χ0n) is 16.6. The summed E-state index contributed by atoms with van der Waals surface area (Å²) in [4.78, 5) is 0. The molecule has 0 amide bonds. The van der Waals surface area contributed by atoms with Gasteiger partial charge in [-0.25, -0.2) is 0 Å². The molecule has 0 aliphatic heterocycles. The topological polar surface area (TPSA) is 0 Å². The van der Waals surface area contributed by atoms with E-state index < -0.39 is 0 Å². The zero-order chi connectivity index (χ0) is 16.6. The highest BCUT2D eigenvalue weighted by atomic mass is 14.7. The molecule has 0 heteroatoms. The first-order valence-electron chi connectivity index (χ1n) is 10.8. The Bertz CT molecular complexity index is 467. The quantitative estimate of drug-likeness (QED) is 0.461. The highest BCUT2D eigenvalue weighted by Gasteiger charge is 2.61. The molecule has 4 aliphatic carbocycles. The first-order chi connectivity index (χ1) is 10.8. The van der Waals surface area contributed by atoms with Gasteiger partial charge in [0.2, 0.25) is 0 Å². The molecule has 0 aromatic heterocycles. The minimum absolute atomic E-state index is 0.654. The van der Waals surface area contributed by atoms with Crippen LogP contribution >= 0.6 is 0 Å². The normalized spacial score (nSPS) is 62.3. The molecule has 4 rings (SSSR count). The highest BCUT2D eigenvalue weighted by molar-refractivity contribution is 5.10. The Hall–Kier alpha value is 0. The van der Waals surface area contributed by atoms with E-state index in [-0.39, 0.29) is 0 Å². The van der Waals surface area contributed by atoms with E-state index in [0.717, 1.165) is 47.3 Å². The van der Waals surface area contributed by atoms with Crippen LogP contribution in [0.4, 0.5) is 0 Å². The standard InChI is InChI=1S/C23H40/c1-14-9-11-23(6)20-10-12-22(5)16(3)7-8-19(22)18(20)13-15(2)21(23)17(14)4/h14-21H,7-13H2,1-6H3. The maximum atomic E-state index is 2.73. The number of rotatable bonds is 0. The van der Waals surface area contributed by atoms with Gasteiger partial charge in [-0.05, 0) is 103 Å². The van der Waals surface area contributed by atoms with Gasteiger partial charge in [-0.2, -0.15) is 0 Å².